The Labute approximate surface area is 107 Å². The first kappa shape index (κ1) is 12.6. The van der Waals surface area contributed by atoms with Crippen LogP contribution in [-0.4, -0.2) is 31.9 Å². The summed E-state index contributed by atoms with van der Waals surface area (Å²) >= 11 is 3.27. The van der Waals surface area contributed by atoms with E-state index in [0.29, 0.717) is 23.2 Å². The number of morpholine rings is 1. The molecular weight excluding hydrogens is 293 g/mol. The molecule has 0 saturated carbocycles. The molecule has 1 saturated heterocycles. The van der Waals surface area contributed by atoms with Crippen molar-refractivity contribution < 1.29 is 19.0 Å². The lowest BCUT2D eigenvalue weighted by Gasteiger charge is -2.25. The Morgan fingerprint density at radius 2 is 2.41 bits per heavy atom. The molecule has 1 aromatic carbocycles. The van der Waals surface area contributed by atoms with Gasteiger partial charge in [-0.2, -0.15) is 0 Å². The third kappa shape index (κ3) is 2.38. The Balaban J connectivity index is 2.42. The SMILES string of the molecule is COc1cc(Br)c(C2CNCCO2)c(F)c1O. The number of phenolic OH excluding ortho intramolecular Hbond substituents is 1. The van der Waals surface area contributed by atoms with Gasteiger partial charge in [0.05, 0.1) is 19.8 Å². The maximum Gasteiger partial charge on any atom is 0.194 e. The van der Waals surface area contributed by atoms with E-state index in [0.717, 1.165) is 6.54 Å². The Morgan fingerprint density at radius 1 is 1.65 bits per heavy atom. The number of aromatic hydroxyl groups is 1. The number of ether oxygens (including phenoxy) is 2. The van der Waals surface area contributed by atoms with Gasteiger partial charge >= 0.3 is 0 Å². The van der Waals surface area contributed by atoms with Crippen molar-refractivity contribution in [3.8, 4) is 11.5 Å². The van der Waals surface area contributed by atoms with Gasteiger partial charge in [-0.15, -0.1) is 0 Å². The standard InChI is InChI=1S/C11H13BrFNO3/c1-16-7-4-6(12)9(10(13)11(7)15)8-5-14-2-3-17-8/h4,8,14-15H,2-3,5H2,1H3. The van der Waals surface area contributed by atoms with E-state index in [9.17, 15) is 9.50 Å². The van der Waals surface area contributed by atoms with E-state index < -0.39 is 17.7 Å². The summed E-state index contributed by atoms with van der Waals surface area (Å²) in [5, 5.41) is 12.7. The highest BCUT2D eigenvalue weighted by Gasteiger charge is 2.26. The molecule has 94 valence electrons. The highest BCUT2D eigenvalue weighted by atomic mass is 79.9. The molecule has 0 bridgehead atoms. The Morgan fingerprint density at radius 3 is 3.00 bits per heavy atom. The third-order valence-corrected chi connectivity index (χ3v) is 3.32. The lowest BCUT2D eigenvalue weighted by atomic mass is 10.1. The lowest BCUT2D eigenvalue weighted by molar-refractivity contribution is 0.0247. The molecule has 1 atom stereocenters. The molecule has 1 heterocycles. The zero-order chi connectivity index (χ0) is 12.4. The maximum absolute atomic E-state index is 14.0. The van der Waals surface area contributed by atoms with E-state index in [2.05, 4.69) is 21.2 Å². The summed E-state index contributed by atoms with van der Waals surface area (Å²) in [7, 11) is 1.37. The van der Waals surface area contributed by atoms with Crippen molar-refractivity contribution in [1.82, 2.24) is 5.32 Å². The van der Waals surface area contributed by atoms with Crippen molar-refractivity contribution in [3.63, 3.8) is 0 Å². The summed E-state index contributed by atoms with van der Waals surface area (Å²) in [6.45, 7) is 1.78. The molecule has 1 aliphatic rings. The second-order valence-corrected chi connectivity index (χ2v) is 4.55. The zero-order valence-corrected chi connectivity index (χ0v) is 10.9. The fourth-order valence-corrected chi connectivity index (χ4v) is 2.44. The minimum absolute atomic E-state index is 0.0990. The smallest absolute Gasteiger partial charge is 0.194 e. The fraction of sp³-hybridized carbons (Fsp3) is 0.455. The maximum atomic E-state index is 14.0. The van der Waals surface area contributed by atoms with Gasteiger partial charge in [0.15, 0.2) is 17.3 Å². The second-order valence-electron chi connectivity index (χ2n) is 3.70. The van der Waals surface area contributed by atoms with Gasteiger partial charge < -0.3 is 19.9 Å². The fourth-order valence-electron chi connectivity index (χ4n) is 1.80. The molecule has 0 aromatic heterocycles. The molecule has 0 aliphatic carbocycles. The molecular formula is C11H13BrFNO3. The molecule has 0 spiro atoms. The van der Waals surface area contributed by atoms with E-state index in [4.69, 9.17) is 9.47 Å². The molecule has 1 unspecified atom stereocenters. The van der Waals surface area contributed by atoms with E-state index in [-0.39, 0.29) is 5.75 Å². The molecule has 1 aliphatic heterocycles. The molecule has 2 N–H and O–H groups in total. The molecule has 17 heavy (non-hydrogen) atoms. The highest BCUT2D eigenvalue weighted by Crippen LogP contribution is 2.39. The Hall–Kier alpha value is -0.850. The van der Waals surface area contributed by atoms with Crippen molar-refractivity contribution in [2.24, 2.45) is 0 Å². The number of hydrogen-bond acceptors (Lipinski definition) is 4. The molecule has 1 fully saturated rings. The number of rotatable bonds is 2. The summed E-state index contributed by atoms with van der Waals surface area (Å²) in [6, 6.07) is 1.53. The summed E-state index contributed by atoms with van der Waals surface area (Å²) in [5.74, 6) is -1.09. The zero-order valence-electron chi connectivity index (χ0n) is 9.30. The third-order valence-electron chi connectivity index (χ3n) is 2.66. The first-order valence-electron chi connectivity index (χ1n) is 5.22. The van der Waals surface area contributed by atoms with Crippen molar-refractivity contribution in [3.05, 3.63) is 21.9 Å². The molecule has 1 aromatic rings. The molecule has 0 amide bonds. The molecule has 0 radical (unpaired) electrons. The van der Waals surface area contributed by atoms with Crippen LogP contribution in [-0.2, 0) is 4.74 Å². The van der Waals surface area contributed by atoms with Crippen LogP contribution in [0.15, 0.2) is 10.5 Å². The van der Waals surface area contributed by atoms with Crippen molar-refractivity contribution in [2.75, 3.05) is 26.8 Å². The number of methoxy groups -OCH3 is 1. The Bertz CT molecular complexity index is 422. The van der Waals surface area contributed by atoms with Crippen LogP contribution < -0.4 is 10.1 Å². The minimum atomic E-state index is -0.704. The Kier molecular flexibility index (Phi) is 3.86. The molecule has 2 rings (SSSR count). The van der Waals surface area contributed by atoms with Crippen LogP contribution in [0.4, 0.5) is 4.39 Å². The first-order valence-corrected chi connectivity index (χ1v) is 6.01. The number of hydrogen-bond donors (Lipinski definition) is 2. The lowest BCUT2D eigenvalue weighted by Crippen LogP contribution is -2.34. The summed E-state index contributed by atoms with van der Waals surface area (Å²) in [4.78, 5) is 0. The predicted molar refractivity (Wildman–Crippen MR) is 63.9 cm³/mol. The van der Waals surface area contributed by atoms with Gasteiger partial charge in [-0.05, 0) is 6.07 Å². The van der Waals surface area contributed by atoms with Gasteiger partial charge in [-0.25, -0.2) is 4.39 Å². The van der Waals surface area contributed by atoms with Crippen LogP contribution in [0, 0.1) is 5.82 Å². The second kappa shape index (κ2) is 5.20. The van der Waals surface area contributed by atoms with E-state index >= 15 is 0 Å². The van der Waals surface area contributed by atoms with Crippen molar-refractivity contribution in [1.29, 1.82) is 0 Å². The quantitative estimate of drug-likeness (QED) is 0.877. The van der Waals surface area contributed by atoms with Gasteiger partial charge in [-0.1, -0.05) is 15.9 Å². The molecule has 4 nitrogen and oxygen atoms in total. The van der Waals surface area contributed by atoms with Gasteiger partial charge in [0.1, 0.15) is 0 Å². The van der Waals surface area contributed by atoms with E-state index in [1.807, 2.05) is 0 Å². The van der Waals surface area contributed by atoms with E-state index in [1.165, 1.54) is 13.2 Å². The normalized spacial score (nSPS) is 20.3. The topological polar surface area (TPSA) is 50.7 Å². The number of phenols is 1. The van der Waals surface area contributed by atoms with Gasteiger partial charge in [-0.3, -0.25) is 0 Å². The largest absolute Gasteiger partial charge is 0.502 e. The van der Waals surface area contributed by atoms with Crippen LogP contribution in [0.1, 0.15) is 11.7 Å². The molecule has 6 heteroatoms. The van der Waals surface area contributed by atoms with Gasteiger partial charge in [0.25, 0.3) is 0 Å². The number of nitrogens with one attached hydrogen (secondary N) is 1. The average molecular weight is 306 g/mol. The highest BCUT2D eigenvalue weighted by molar-refractivity contribution is 9.10. The van der Waals surface area contributed by atoms with Gasteiger partial charge in [0, 0.05) is 23.1 Å². The average Bonchev–Trinajstić information content (AvgIpc) is 2.35. The van der Waals surface area contributed by atoms with E-state index in [1.54, 1.807) is 0 Å². The summed E-state index contributed by atoms with van der Waals surface area (Å²) in [5.41, 5.74) is 0.315. The van der Waals surface area contributed by atoms with Gasteiger partial charge in [0.2, 0.25) is 0 Å². The van der Waals surface area contributed by atoms with Crippen LogP contribution >= 0.6 is 15.9 Å². The predicted octanol–water partition coefficient (Wildman–Crippen LogP) is 1.96. The van der Waals surface area contributed by atoms with Crippen LogP contribution in [0.25, 0.3) is 0 Å². The van der Waals surface area contributed by atoms with Crippen molar-refractivity contribution in [2.45, 2.75) is 6.10 Å². The van der Waals surface area contributed by atoms with Crippen LogP contribution in [0.3, 0.4) is 0 Å². The van der Waals surface area contributed by atoms with Crippen LogP contribution in [0.5, 0.6) is 11.5 Å². The minimum Gasteiger partial charge on any atom is -0.502 e. The summed E-state index contributed by atoms with van der Waals surface area (Å²) in [6.07, 6.45) is -0.407. The van der Waals surface area contributed by atoms with Crippen molar-refractivity contribution >= 4 is 15.9 Å². The summed E-state index contributed by atoms with van der Waals surface area (Å²) < 4.78 is 24.9. The number of halogens is 2. The first-order chi connectivity index (χ1) is 8.15. The van der Waals surface area contributed by atoms with Crippen LogP contribution in [0.2, 0.25) is 0 Å². The monoisotopic (exact) mass is 305 g/mol. The number of benzene rings is 1.